The lowest BCUT2D eigenvalue weighted by Gasteiger charge is -2.02. The SMILES string of the molecule is CCCC#Cc1cccc(CCCNC(=O)O)c1. The Balaban J connectivity index is 2.45. The molecule has 0 aliphatic rings. The Kier molecular flexibility index (Phi) is 6.42. The Bertz CT molecular complexity index is 443. The van der Waals surface area contributed by atoms with Crippen molar-refractivity contribution in [1.29, 1.82) is 0 Å². The molecule has 0 aliphatic heterocycles. The predicted octanol–water partition coefficient (Wildman–Crippen LogP) is 3.04. The molecule has 0 heterocycles. The highest BCUT2D eigenvalue weighted by Gasteiger charge is 1.96. The molecule has 1 rings (SSSR count). The minimum Gasteiger partial charge on any atom is -0.465 e. The maximum absolute atomic E-state index is 10.3. The molecule has 3 heteroatoms. The van der Waals surface area contributed by atoms with Crippen molar-refractivity contribution in [1.82, 2.24) is 5.32 Å². The van der Waals surface area contributed by atoms with Crippen LogP contribution in [0.5, 0.6) is 0 Å². The Morgan fingerprint density at radius 1 is 1.44 bits per heavy atom. The normalized spacial score (nSPS) is 9.39. The summed E-state index contributed by atoms with van der Waals surface area (Å²) in [6.07, 6.45) is 2.70. The standard InChI is InChI=1S/C15H19NO2/c1-2-3-4-7-13-8-5-9-14(12-13)10-6-11-16-15(17)18/h5,8-9,12,16H,2-3,6,10-11H2,1H3,(H,17,18). The Labute approximate surface area is 108 Å². The first-order valence-electron chi connectivity index (χ1n) is 6.27. The molecule has 1 amide bonds. The molecule has 0 bridgehead atoms. The van der Waals surface area contributed by atoms with Crippen molar-refractivity contribution < 1.29 is 9.90 Å². The summed E-state index contributed by atoms with van der Waals surface area (Å²) in [6, 6.07) is 8.12. The molecule has 0 saturated carbocycles. The minimum absolute atomic E-state index is 0.487. The quantitative estimate of drug-likeness (QED) is 0.618. The topological polar surface area (TPSA) is 49.3 Å². The van der Waals surface area contributed by atoms with Crippen molar-refractivity contribution in [2.45, 2.75) is 32.6 Å². The molecule has 0 saturated heterocycles. The van der Waals surface area contributed by atoms with Gasteiger partial charge in [-0.2, -0.15) is 0 Å². The summed E-state index contributed by atoms with van der Waals surface area (Å²) in [4.78, 5) is 10.3. The number of hydrogen-bond acceptors (Lipinski definition) is 1. The summed E-state index contributed by atoms with van der Waals surface area (Å²) < 4.78 is 0. The van der Waals surface area contributed by atoms with Crippen LogP contribution in [0.1, 0.15) is 37.3 Å². The van der Waals surface area contributed by atoms with Crippen molar-refractivity contribution in [3.05, 3.63) is 35.4 Å². The summed E-state index contributed by atoms with van der Waals surface area (Å²) in [5, 5.41) is 10.8. The molecule has 0 fully saturated rings. The van der Waals surface area contributed by atoms with Crippen LogP contribution in [-0.4, -0.2) is 17.7 Å². The van der Waals surface area contributed by atoms with Crippen molar-refractivity contribution in [3.63, 3.8) is 0 Å². The van der Waals surface area contributed by atoms with Gasteiger partial charge in [0, 0.05) is 18.5 Å². The van der Waals surface area contributed by atoms with E-state index in [0.29, 0.717) is 6.54 Å². The van der Waals surface area contributed by atoms with Gasteiger partial charge in [0.15, 0.2) is 0 Å². The number of benzene rings is 1. The third-order valence-electron chi connectivity index (χ3n) is 2.45. The summed E-state index contributed by atoms with van der Waals surface area (Å²) in [7, 11) is 0. The predicted molar refractivity (Wildman–Crippen MR) is 72.6 cm³/mol. The molecule has 0 atom stereocenters. The van der Waals surface area contributed by atoms with Crippen LogP contribution in [0.3, 0.4) is 0 Å². The molecular formula is C15H19NO2. The number of amides is 1. The van der Waals surface area contributed by atoms with Crippen LogP contribution in [0.4, 0.5) is 4.79 Å². The monoisotopic (exact) mass is 245 g/mol. The summed E-state index contributed by atoms with van der Waals surface area (Å²) in [5.41, 5.74) is 2.23. The minimum atomic E-state index is -0.964. The van der Waals surface area contributed by atoms with Crippen LogP contribution in [0, 0.1) is 11.8 Å². The van der Waals surface area contributed by atoms with Crippen molar-refractivity contribution in [3.8, 4) is 11.8 Å². The average Bonchev–Trinajstić information content (AvgIpc) is 2.35. The van der Waals surface area contributed by atoms with E-state index in [2.05, 4.69) is 30.1 Å². The molecular weight excluding hydrogens is 226 g/mol. The number of hydrogen-bond donors (Lipinski definition) is 2. The highest BCUT2D eigenvalue weighted by atomic mass is 16.4. The lowest BCUT2D eigenvalue weighted by molar-refractivity contribution is 0.194. The lowest BCUT2D eigenvalue weighted by atomic mass is 10.1. The Hall–Kier alpha value is -1.95. The van der Waals surface area contributed by atoms with Crippen LogP contribution < -0.4 is 5.32 Å². The van der Waals surface area contributed by atoms with Crippen molar-refractivity contribution in [2.24, 2.45) is 0 Å². The number of nitrogens with one attached hydrogen (secondary N) is 1. The van der Waals surface area contributed by atoms with E-state index in [1.807, 2.05) is 18.2 Å². The molecule has 0 unspecified atom stereocenters. The van der Waals surface area contributed by atoms with Gasteiger partial charge in [-0.1, -0.05) is 30.9 Å². The molecule has 1 aromatic rings. The second-order valence-electron chi connectivity index (χ2n) is 4.09. The first-order valence-corrected chi connectivity index (χ1v) is 6.27. The van der Waals surface area contributed by atoms with E-state index in [9.17, 15) is 4.79 Å². The van der Waals surface area contributed by atoms with Crippen LogP contribution in [-0.2, 0) is 6.42 Å². The second kappa shape index (κ2) is 8.19. The van der Waals surface area contributed by atoms with Gasteiger partial charge >= 0.3 is 6.09 Å². The first-order chi connectivity index (χ1) is 8.72. The number of aryl methyl sites for hydroxylation is 1. The average molecular weight is 245 g/mol. The van der Waals surface area contributed by atoms with Gasteiger partial charge in [-0.15, -0.1) is 0 Å². The fourth-order valence-electron chi connectivity index (χ4n) is 1.58. The van der Waals surface area contributed by atoms with E-state index >= 15 is 0 Å². The summed E-state index contributed by atoms with van der Waals surface area (Å²) in [5.74, 6) is 6.26. The lowest BCUT2D eigenvalue weighted by Crippen LogP contribution is -2.22. The van der Waals surface area contributed by atoms with E-state index in [1.54, 1.807) is 0 Å². The van der Waals surface area contributed by atoms with Gasteiger partial charge in [0.1, 0.15) is 0 Å². The molecule has 2 N–H and O–H groups in total. The van der Waals surface area contributed by atoms with E-state index in [4.69, 9.17) is 5.11 Å². The first kappa shape index (κ1) is 14.1. The zero-order valence-electron chi connectivity index (χ0n) is 10.7. The molecule has 0 spiro atoms. The van der Waals surface area contributed by atoms with Gasteiger partial charge in [-0.3, -0.25) is 0 Å². The van der Waals surface area contributed by atoms with Crippen LogP contribution in [0.2, 0.25) is 0 Å². The zero-order chi connectivity index (χ0) is 13.2. The molecule has 3 nitrogen and oxygen atoms in total. The molecule has 0 aliphatic carbocycles. The van der Waals surface area contributed by atoms with Crippen molar-refractivity contribution >= 4 is 6.09 Å². The maximum Gasteiger partial charge on any atom is 0.404 e. The van der Waals surface area contributed by atoms with Crippen LogP contribution in [0.15, 0.2) is 24.3 Å². The zero-order valence-corrected chi connectivity index (χ0v) is 10.7. The maximum atomic E-state index is 10.3. The number of carboxylic acid groups (broad SMARTS) is 1. The van der Waals surface area contributed by atoms with Crippen molar-refractivity contribution in [2.75, 3.05) is 6.54 Å². The molecule has 96 valence electrons. The van der Waals surface area contributed by atoms with Gasteiger partial charge in [0.25, 0.3) is 0 Å². The third kappa shape index (κ3) is 5.95. The smallest absolute Gasteiger partial charge is 0.404 e. The number of carbonyl (C=O) groups is 1. The number of rotatable bonds is 5. The number of unbranched alkanes of at least 4 members (excludes halogenated alkanes) is 1. The van der Waals surface area contributed by atoms with Gasteiger partial charge in [0.05, 0.1) is 0 Å². The van der Waals surface area contributed by atoms with Gasteiger partial charge < -0.3 is 10.4 Å². The molecule has 0 aromatic heterocycles. The second-order valence-corrected chi connectivity index (χ2v) is 4.09. The molecule has 18 heavy (non-hydrogen) atoms. The Morgan fingerprint density at radius 2 is 2.28 bits per heavy atom. The fraction of sp³-hybridized carbons (Fsp3) is 0.400. The molecule has 0 radical (unpaired) electrons. The van der Waals surface area contributed by atoms with E-state index in [-0.39, 0.29) is 0 Å². The van der Waals surface area contributed by atoms with Gasteiger partial charge in [0.2, 0.25) is 0 Å². The van der Waals surface area contributed by atoms with E-state index in [0.717, 1.165) is 31.2 Å². The van der Waals surface area contributed by atoms with E-state index < -0.39 is 6.09 Å². The third-order valence-corrected chi connectivity index (χ3v) is 2.45. The van der Waals surface area contributed by atoms with Crippen LogP contribution in [0.25, 0.3) is 0 Å². The van der Waals surface area contributed by atoms with Gasteiger partial charge in [-0.25, -0.2) is 4.79 Å². The summed E-state index contributed by atoms with van der Waals surface area (Å²) in [6.45, 7) is 2.60. The largest absolute Gasteiger partial charge is 0.465 e. The summed E-state index contributed by atoms with van der Waals surface area (Å²) >= 11 is 0. The highest BCUT2D eigenvalue weighted by Crippen LogP contribution is 2.06. The Morgan fingerprint density at radius 3 is 3.00 bits per heavy atom. The van der Waals surface area contributed by atoms with Crippen LogP contribution >= 0.6 is 0 Å². The molecule has 1 aromatic carbocycles. The fourth-order valence-corrected chi connectivity index (χ4v) is 1.58. The van der Waals surface area contributed by atoms with E-state index in [1.165, 1.54) is 5.56 Å². The van der Waals surface area contributed by atoms with Gasteiger partial charge in [-0.05, 0) is 37.0 Å². The highest BCUT2D eigenvalue weighted by molar-refractivity contribution is 5.64.